The highest BCUT2D eigenvalue weighted by Crippen LogP contribution is 2.30. The van der Waals surface area contributed by atoms with E-state index in [2.05, 4.69) is 10.3 Å². The third-order valence-corrected chi connectivity index (χ3v) is 4.33. The number of fused-ring (bicyclic) bond motifs is 2. The summed E-state index contributed by atoms with van der Waals surface area (Å²) in [5.41, 5.74) is 4.42. The second kappa shape index (κ2) is 5.19. The number of carbonyl (C=O) groups excluding carboxylic acids is 2. The molecule has 0 spiro atoms. The monoisotopic (exact) mass is 320 g/mol. The van der Waals surface area contributed by atoms with Crippen LogP contribution in [0.1, 0.15) is 21.7 Å². The van der Waals surface area contributed by atoms with Crippen molar-refractivity contribution in [3.8, 4) is 0 Å². The molecule has 0 radical (unpaired) electrons. The number of rotatable bonds is 2. The molecule has 1 aromatic carbocycles. The summed E-state index contributed by atoms with van der Waals surface area (Å²) in [6.45, 7) is 1.82. The summed E-state index contributed by atoms with van der Waals surface area (Å²) in [6, 6.07) is 11.1. The van der Waals surface area contributed by atoms with E-state index in [0.29, 0.717) is 23.5 Å². The smallest absolute Gasteiger partial charge is 0.274 e. The molecular weight excluding hydrogens is 304 g/mol. The molecule has 0 saturated carbocycles. The average Bonchev–Trinajstić information content (AvgIpc) is 3.03. The van der Waals surface area contributed by atoms with Crippen molar-refractivity contribution >= 4 is 28.8 Å². The van der Waals surface area contributed by atoms with Crippen molar-refractivity contribution in [2.24, 2.45) is 0 Å². The second-order valence-corrected chi connectivity index (χ2v) is 5.90. The van der Waals surface area contributed by atoms with Gasteiger partial charge in [0.25, 0.3) is 5.91 Å². The number of nitrogens with zero attached hydrogens (tertiary/aromatic N) is 3. The lowest BCUT2D eigenvalue weighted by Gasteiger charge is -2.11. The van der Waals surface area contributed by atoms with Crippen molar-refractivity contribution in [2.45, 2.75) is 13.3 Å². The first-order valence-corrected chi connectivity index (χ1v) is 7.69. The zero-order chi connectivity index (χ0) is 16.8. The van der Waals surface area contributed by atoms with Crippen molar-refractivity contribution in [3.05, 3.63) is 59.5 Å². The summed E-state index contributed by atoms with van der Waals surface area (Å²) >= 11 is 0. The van der Waals surface area contributed by atoms with Gasteiger partial charge in [-0.25, -0.2) is 4.98 Å². The van der Waals surface area contributed by atoms with E-state index < -0.39 is 0 Å². The molecule has 1 N–H and O–H groups in total. The van der Waals surface area contributed by atoms with Crippen LogP contribution in [-0.4, -0.2) is 28.2 Å². The summed E-state index contributed by atoms with van der Waals surface area (Å²) in [7, 11) is 1.76. The molecule has 1 aliphatic rings. The first kappa shape index (κ1) is 14.4. The highest BCUT2D eigenvalue weighted by atomic mass is 16.2. The van der Waals surface area contributed by atoms with Crippen LogP contribution in [0.2, 0.25) is 0 Å². The van der Waals surface area contributed by atoms with Gasteiger partial charge in [0.05, 0.1) is 12.1 Å². The van der Waals surface area contributed by atoms with Crippen LogP contribution in [0.3, 0.4) is 0 Å². The number of aryl methyl sites for hydroxylation is 1. The minimum absolute atomic E-state index is 0.0612. The number of carbonyl (C=O) groups is 2. The number of hydrogen-bond donors (Lipinski definition) is 1. The highest BCUT2D eigenvalue weighted by molar-refractivity contribution is 6.06. The number of benzene rings is 1. The van der Waals surface area contributed by atoms with Crippen LogP contribution in [0.15, 0.2) is 42.6 Å². The van der Waals surface area contributed by atoms with Gasteiger partial charge in [0.1, 0.15) is 11.3 Å². The zero-order valence-corrected chi connectivity index (χ0v) is 13.4. The Balaban J connectivity index is 1.66. The molecule has 4 rings (SSSR count). The normalized spacial score (nSPS) is 13.4. The summed E-state index contributed by atoms with van der Waals surface area (Å²) < 4.78 is 1.77. The fraction of sp³-hybridized carbons (Fsp3) is 0.167. The Morgan fingerprint density at radius 1 is 1.25 bits per heavy atom. The van der Waals surface area contributed by atoms with E-state index in [0.717, 1.165) is 16.9 Å². The third-order valence-electron chi connectivity index (χ3n) is 4.33. The summed E-state index contributed by atoms with van der Waals surface area (Å²) in [5, 5.41) is 2.91. The Morgan fingerprint density at radius 3 is 2.92 bits per heavy atom. The Kier molecular flexibility index (Phi) is 3.13. The number of imidazole rings is 1. The Bertz CT molecular complexity index is 990. The summed E-state index contributed by atoms with van der Waals surface area (Å²) in [6.07, 6.45) is 2.19. The predicted molar refractivity (Wildman–Crippen MR) is 91.4 cm³/mol. The molecule has 24 heavy (non-hydrogen) atoms. The molecule has 0 unspecified atom stereocenters. The van der Waals surface area contributed by atoms with Gasteiger partial charge in [-0.05, 0) is 42.8 Å². The van der Waals surface area contributed by atoms with E-state index >= 15 is 0 Å². The number of likely N-dealkylation sites (N-methyl/N-ethyl adjacent to an activating group) is 1. The molecule has 2 aromatic heterocycles. The maximum absolute atomic E-state index is 12.7. The first-order valence-electron chi connectivity index (χ1n) is 7.69. The molecule has 0 aliphatic carbocycles. The van der Waals surface area contributed by atoms with Crippen molar-refractivity contribution in [3.63, 3.8) is 0 Å². The van der Waals surface area contributed by atoms with Crippen LogP contribution in [0.25, 0.3) is 5.65 Å². The topological polar surface area (TPSA) is 66.7 Å². The van der Waals surface area contributed by atoms with E-state index in [1.165, 1.54) is 0 Å². The average molecular weight is 320 g/mol. The molecule has 6 nitrogen and oxygen atoms in total. The van der Waals surface area contributed by atoms with Crippen molar-refractivity contribution in [1.29, 1.82) is 0 Å². The van der Waals surface area contributed by atoms with Gasteiger partial charge in [0.2, 0.25) is 5.91 Å². The predicted octanol–water partition coefficient (Wildman–Crippen LogP) is 2.41. The van der Waals surface area contributed by atoms with Gasteiger partial charge in [-0.15, -0.1) is 0 Å². The van der Waals surface area contributed by atoms with Gasteiger partial charge < -0.3 is 10.2 Å². The number of nitrogens with one attached hydrogen (secondary N) is 1. The summed E-state index contributed by atoms with van der Waals surface area (Å²) in [5.74, 6) is -0.157. The number of aromatic nitrogens is 2. The molecule has 3 heterocycles. The molecule has 3 aromatic rings. The number of hydrogen-bond acceptors (Lipinski definition) is 3. The van der Waals surface area contributed by atoms with Crippen LogP contribution < -0.4 is 10.2 Å². The Morgan fingerprint density at radius 2 is 2.08 bits per heavy atom. The van der Waals surface area contributed by atoms with Crippen molar-refractivity contribution in [2.75, 3.05) is 17.3 Å². The second-order valence-electron chi connectivity index (χ2n) is 5.90. The molecule has 120 valence electrons. The molecule has 0 fully saturated rings. The minimum atomic E-state index is -0.219. The zero-order valence-electron chi connectivity index (χ0n) is 13.4. The van der Waals surface area contributed by atoms with E-state index in [-0.39, 0.29) is 11.8 Å². The quantitative estimate of drug-likeness (QED) is 0.788. The van der Waals surface area contributed by atoms with E-state index in [4.69, 9.17) is 0 Å². The van der Waals surface area contributed by atoms with Crippen LogP contribution in [-0.2, 0) is 11.2 Å². The lowest BCUT2D eigenvalue weighted by atomic mass is 10.1. The van der Waals surface area contributed by atoms with Crippen LogP contribution in [0.5, 0.6) is 0 Å². The van der Waals surface area contributed by atoms with Crippen molar-refractivity contribution < 1.29 is 9.59 Å². The first-order chi connectivity index (χ1) is 11.5. The minimum Gasteiger partial charge on any atom is -0.321 e. The maximum Gasteiger partial charge on any atom is 0.274 e. The van der Waals surface area contributed by atoms with Gasteiger partial charge >= 0.3 is 0 Å². The van der Waals surface area contributed by atoms with E-state index in [1.807, 2.05) is 49.5 Å². The molecular formula is C18H16N4O2. The third kappa shape index (κ3) is 2.15. The number of pyridine rings is 1. The van der Waals surface area contributed by atoms with Crippen LogP contribution >= 0.6 is 0 Å². The lowest BCUT2D eigenvalue weighted by Crippen LogP contribution is -2.20. The highest BCUT2D eigenvalue weighted by Gasteiger charge is 2.24. The molecule has 0 atom stereocenters. The van der Waals surface area contributed by atoms with Crippen LogP contribution in [0, 0.1) is 6.92 Å². The van der Waals surface area contributed by atoms with E-state index in [1.54, 1.807) is 16.3 Å². The van der Waals surface area contributed by atoms with Gasteiger partial charge in [-0.1, -0.05) is 6.07 Å². The number of amides is 2. The van der Waals surface area contributed by atoms with Gasteiger partial charge in [0.15, 0.2) is 0 Å². The molecule has 0 saturated heterocycles. The molecule has 6 heteroatoms. The lowest BCUT2D eigenvalue weighted by molar-refractivity contribution is -0.117. The molecule has 0 bridgehead atoms. The Hall–Kier alpha value is -3.15. The van der Waals surface area contributed by atoms with Gasteiger partial charge in [0, 0.05) is 24.6 Å². The van der Waals surface area contributed by atoms with Gasteiger partial charge in [-0.2, -0.15) is 0 Å². The van der Waals surface area contributed by atoms with Crippen molar-refractivity contribution in [1.82, 2.24) is 9.38 Å². The van der Waals surface area contributed by atoms with E-state index in [9.17, 15) is 9.59 Å². The molecule has 1 aliphatic heterocycles. The van der Waals surface area contributed by atoms with Crippen LogP contribution in [0.4, 0.5) is 11.4 Å². The van der Waals surface area contributed by atoms with Gasteiger partial charge in [-0.3, -0.25) is 14.0 Å². The molecule has 2 amide bonds. The fourth-order valence-electron chi connectivity index (χ4n) is 3.13. The maximum atomic E-state index is 12.7. The summed E-state index contributed by atoms with van der Waals surface area (Å²) in [4.78, 5) is 30.5. The Labute approximate surface area is 138 Å². The fourth-order valence-corrected chi connectivity index (χ4v) is 3.13. The SMILES string of the molecule is Cc1nc2ccccn2c1C(=O)Nc1ccc2c(c1)CC(=O)N2C. The number of anilines is 2. The standard InChI is InChI=1S/C18H16N4O2/c1-11-17(22-8-4-3-5-15(22)19-11)18(24)20-13-6-7-14-12(9-13)10-16(23)21(14)2/h3-9H,10H2,1-2H3,(H,20,24). The largest absolute Gasteiger partial charge is 0.321 e.